The van der Waals surface area contributed by atoms with Gasteiger partial charge in [-0.1, -0.05) is 69.3 Å². The number of carbonyl (C=O) groups excluding carboxylic acids is 2. The normalized spacial score (nSPS) is 22.2. The lowest BCUT2D eigenvalue weighted by atomic mass is 9.59. The van der Waals surface area contributed by atoms with E-state index in [0.717, 1.165) is 6.42 Å². The Morgan fingerprint density at radius 2 is 1.43 bits per heavy atom. The topological polar surface area (TPSA) is 58.2 Å². The average molecular weight is 377 g/mol. The second-order valence-electron chi connectivity index (χ2n) is 9.02. The molecule has 0 heterocycles. The number of carbonyl (C=O) groups is 2. The summed E-state index contributed by atoms with van der Waals surface area (Å²) in [6, 6.07) is 17.4. The molecule has 0 fully saturated rings. The Morgan fingerprint density at radius 1 is 0.893 bits per heavy atom. The summed E-state index contributed by atoms with van der Waals surface area (Å²) in [7, 11) is 0. The fourth-order valence-electron chi connectivity index (χ4n) is 4.69. The monoisotopic (exact) mass is 376 g/mol. The molecule has 0 aliphatic heterocycles. The Bertz CT molecular complexity index is 865. The standard InChI is InChI=1S/C24H28N2O2/c1-24(2,3)23(28)26-14-21(27)25-13-15-12-20-16-8-4-6-10-18(16)22(15)19-11-7-5-9-17(19)20/h4-11,15,20,22H,12-14H2,1-3H3,(H,25,27)(H,26,28). The number of benzene rings is 2. The van der Waals surface area contributed by atoms with Gasteiger partial charge in [-0.3, -0.25) is 9.59 Å². The Morgan fingerprint density at radius 3 is 1.96 bits per heavy atom. The number of nitrogens with one attached hydrogen (secondary N) is 2. The molecule has 0 spiro atoms. The highest BCUT2D eigenvalue weighted by Crippen LogP contribution is 2.55. The average Bonchev–Trinajstić information content (AvgIpc) is 2.70. The fourth-order valence-corrected chi connectivity index (χ4v) is 4.69. The van der Waals surface area contributed by atoms with E-state index < -0.39 is 5.41 Å². The molecule has 0 saturated heterocycles. The third-order valence-corrected chi connectivity index (χ3v) is 6.07. The molecule has 3 aliphatic rings. The summed E-state index contributed by atoms with van der Waals surface area (Å²) in [6.07, 6.45) is 1.05. The van der Waals surface area contributed by atoms with Gasteiger partial charge < -0.3 is 10.6 Å². The lowest BCUT2D eigenvalue weighted by Crippen LogP contribution is -2.44. The van der Waals surface area contributed by atoms with Crippen LogP contribution in [0.2, 0.25) is 0 Å². The molecular formula is C24H28N2O2. The van der Waals surface area contributed by atoms with Crippen molar-refractivity contribution in [2.75, 3.05) is 13.1 Å². The lowest BCUT2D eigenvalue weighted by molar-refractivity contribution is -0.131. The van der Waals surface area contributed by atoms with Crippen LogP contribution in [0, 0.1) is 11.3 Å². The van der Waals surface area contributed by atoms with Gasteiger partial charge in [0.1, 0.15) is 0 Å². The minimum Gasteiger partial charge on any atom is -0.354 e. The molecular weight excluding hydrogens is 348 g/mol. The zero-order chi connectivity index (χ0) is 19.9. The number of hydrogen-bond acceptors (Lipinski definition) is 2. The first-order valence-corrected chi connectivity index (χ1v) is 10.1. The van der Waals surface area contributed by atoms with Crippen LogP contribution in [0.4, 0.5) is 0 Å². The van der Waals surface area contributed by atoms with Crippen molar-refractivity contribution < 1.29 is 9.59 Å². The van der Waals surface area contributed by atoms with Gasteiger partial charge in [-0.2, -0.15) is 0 Å². The van der Waals surface area contributed by atoms with Gasteiger partial charge in [0, 0.05) is 23.8 Å². The zero-order valence-corrected chi connectivity index (χ0v) is 16.8. The SMILES string of the molecule is CC(C)(C)C(=O)NCC(=O)NCC1CC2c3ccccc3C1c1ccccc12. The summed E-state index contributed by atoms with van der Waals surface area (Å²) in [4.78, 5) is 24.3. The number of hydrogen-bond donors (Lipinski definition) is 2. The third kappa shape index (κ3) is 3.32. The quantitative estimate of drug-likeness (QED) is 0.857. The minimum atomic E-state index is -0.490. The van der Waals surface area contributed by atoms with E-state index in [4.69, 9.17) is 0 Å². The zero-order valence-electron chi connectivity index (χ0n) is 16.8. The molecule has 146 valence electrons. The first kappa shape index (κ1) is 18.7. The largest absolute Gasteiger partial charge is 0.354 e. The molecule has 1 atom stereocenters. The van der Waals surface area contributed by atoms with E-state index in [1.54, 1.807) is 0 Å². The molecule has 0 aromatic heterocycles. The smallest absolute Gasteiger partial charge is 0.239 e. The van der Waals surface area contributed by atoms with Crippen LogP contribution in [0.1, 0.15) is 61.3 Å². The maximum Gasteiger partial charge on any atom is 0.239 e. The van der Waals surface area contributed by atoms with Crippen LogP contribution in [0.25, 0.3) is 0 Å². The maximum atomic E-state index is 12.3. The van der Waals surface area contributed by atoms with Crippen LogP contribution in [-0.4, -0.2) is 24.9 Å². The molecule has 0 saturated carbocycles. The van der Waals surface area contributed by atoms with Gasteiger partial charge >= 0.3 is 0 Å². The first-order chi connectivity index (χ1) is 13.4. The van der Waals surface area contributed by atoms with Crippen molar-refractivity contribution >= 4 is 11.8 Å². The Hall–Kier alpha value is -2.62. The van der Waals surface area contributed by atoms with E-state index in [-0.39, 0.29) is 18.4 Å². The predicted octanol–water partition coefficient (Wildman–Crippen LogP) is 3.56. The number of fused-ring (bicyclic) bond motifs is 1. The van der Waals surface area contributed by atoms with Gasteiger partial charge in [0.2, 0.25) is 11.8 Å². The summed E-state index contributed by atoms with van der Waals surface area (Å²) < 4.78 is 0. The minimum absolute atomic E-state index is 0.0318. The van der Waals surface area contributed by atoms with Crippen molar-refractivity contribution in [1.82, 2.24) is 10.6 Å². The molecule has 2 N–H and O–H groups in total. The second-order valence-corrected chi connectivity index (χ2v) is 9.02. The molecule has 5 rings (SSSR count). The summed E-state index contributed by atoms with van der Waals surface area (Å²) in [6.45, 7) is 6.19. The van der Waals surface area contributed by atoms with Gasteiger partial charge in [-0.15, -0.1) is 0 Å². The summed E-state index contributed by atoms with van der Waals surface area (Å²) >= 11 is 0. The van der Waals surface area contributed by atoms with E-state index >= 15 is 0 Å². The molecule has 3 aliphatic carbocycles. The molecule has 4 nitrogen and oxygen atoms in total. The summed E-state index contributed by atoms with van der Waals surface area (Å²) in [5.41, 5.74) is 5.18. The van der Waals surface area contributed by atoms with E-state index in [1.807, 2.05) is 20.8 Å². The number of rotatable bonds is 4. The Labute approximate surface area is 166 Å². The molecule has 0 radical (unpaired) electrons. The highest BCUT2D eigenvalue weighted by atomic mass is 16.2. The van der Waals surface area contributed by atoms with Crippen molar-refractivity contribution in [1.29, 1.82) is 0 Å². The van der Waals surface area contributed by atoms with Gasteiger partial charge in [0.15, 0.2) is 0 Å². The van der Waals surface area contributed by atoms with Crippen LogP contribution in [0.5, 0.6) is 0 Å². The first-order valence-electron chi connectivity index (χ1n) is 10.1. The molecule has 2 aromatic rings. The summed E-state index contributed by atoms with van der Waals surface area (Å²) in [5.74, 6) is 0.863. The molecule has 2 aromatic carbocycles. The van der Waals surface area contributed by atoms with Crippen LogP contribution in [0.15, 0.2) is 48.5 Å². The summed E-state index contributed by atoms with van der Waals surface area (Å²) in [5, 5.41) is 5.78. The third-order valence-electron chi connectivity index (χ3n) is 6.07. The molecule has 28 heavy (non-hydrogen) atoms. The van der Waals surface area contributed by atoms with Crippen LogP contribution in [0.3, 0.4) is 0 Å². The van der Waals surface area contributed by atoms with Crippen molar-refractivity contribution in [3.05, 3.63) is 70.8 Å². The van der Waals surface area contributed by atoms with E-state index in [1.165, 1.54) is 22.3 Å². The van der Waals surface area contributed by atoms with Gasteiger partial charge in [-0.05, 0) is 34.6 Å². The highest BCUT2D eigenvalue weighted by Gasteiger charge is 2.42. The molecule has 1 unspecified atom stereocenters. The van der Waals surface area contributed by atoms with Gasteiger partial charge in [-0.25, -0.2) is 0 Å². The molecule has 2 amide bonds. The Kier molecular flexibility index (Phi) is 4.74. The fraction of sp³-hybridized carbons (Fsp3) is 0.417. The van der Waals surface area contributed by atoms with Crippen molar-refractivity contribution in [2.24, 2.45) is 11.3 Å². The van der Waals surface area contributed by atoms with Crippen molar-refractivity contribution in [2.45, 2.75) is 39.0 Å². The Balaban J connectivity index is 1.46. The lowest BCUT2D eigenvalue weighted by Gasteiger charge is -2.45. The van der Waals surface area contributed by atoms with Crippen molar-refractivity contribution in [3.63, 3.8) is 0 Å². The van der Waals surface area contributed by atoms with Crippen molar-refractivity contribution in [3.8, 4) is 0 Å². The van der Waals surface area contributed by atoms with Crippen LogP contribution >= 0.6 is 0 Å². The van der Waals surface area contributed by atoms with Gasteiger partial charge in [0.25, 0.3) is 0 Å². The van der Waals surface area contributed by atoms with Gasteiger partial charge in [0.05, 0.1) is 6.54 Å². The maximum absolute atomic E-state index is 12.3. The molecule has 2 bridgehead atoms. The van der Waals surface area contributed by atoms with E-state index in [9.17, 15) is 9.59 Å². The number of amides is 2. The van der Waals surface area contributed by atoms with Crippen LogP contribution in [-0.2, 0) is 9.59 Å². The van der Waals surface area contributed by atoms with Crippen LogP contribution < -0.4 is 10.6 Å². The predicted molar refractivity (Wildman–Crippen MR) is 110 cm³/mol. The molecule has 4 heteroatoms. The van der Waals surface area contributed by atoms with E-state index in [2.05, 4.69) is 59.2 Å². The highest BCUT2D eigenvalue weighted by molar-refractivity contribution is 5.87. The second kappa shape index (κ2) is 7.08. The van der Waals surface area contributed by atoms with E-state index in [0.29, 0.717) is 24.3 Å².